The highest BCUT2D eigenvalue weighted by Gasteiger charge is 2.31. The number of quaternary nitrogens is 1. The summed E-state index contributed by atoms with van der Waals surface area (Å²) in [4.78, 5) is 0. The molecule has 2 aromatic carbocycles. The molecule has 0 aromatic heterocycles. The Bertz CT molecular complexity index is 913. The Labute approximate surface area is 173 Å². The molecule has 27 heavy (non-hydrogen) atoms. The fourth-order valence-corrected chi connectivity index (χ4v) is 5.58. The maximum atomic E-state index is 12.9. The molecule has 2 aromatic rings. The van der Waals surface area contributed by atoms with Gasteiger partial charge in [0.1, 0.15) is 17.6 Å². The number of ether oxygens (including phenoxy) is 1. The summed E-state index contributed by atoms with van der Waals surface area (Å²) in [5.74, 6) is 1.69. The van der Waals surface area contributed by atoms with Crippen LogP contribution >= 0.6 is 22.6 Å². The number of hydrogen-bond acceptors (Lipinski definition) is 3. The summed E-state index contributed by atoms with van der Waals surface area (Å²) in [5.41, 5.74) is 9.65. The van der Waals surface area contributed by atoms with Crippen molar-refractivity contribution in [1.82, 2.24) is 5.43 Å². The first-order chi connectivity index (χ1) is 13.1. The van der Waals surface area contributed by atoms with Crippen molar-refractivity contribution < 1.29 is 9.91 Å². The van der Waals surface area contributed by atoms with Gasteiger partial charge in [-0.25, -0.2) is 0 Å². The highest BCUT2D eigenvalue weighted by Crippen LogP contribution is 2.35. The molecule has 2 N–H and O–H groups in total. The lowest BCUT2D eigenvalue weighted by molar-refractivity contribution is -0.938. The number of allylic oxidation sites excluding steroid dienone is 1. The van der Waals surface area contributed by atoms with Crippen LogP contribution in [0.1, 0.15) is 52.7 Å². The minimum absolute atomic E-state index is 0.0302. The minimum Gasteiger partial charge on any atom is -0.613 e. The molecule has 2 heterocycles. The van der Waals surface area contributed by atoms with Crippen molar-refractivity contribution in [2.75, 3.05) is 0 Å². The third-order valence-electron chi connectivity index (χ3n) is 6.02. The third kappa shape index (κ3) is 3.31. The van der Waals surface area contributed by atoms with Crippen LogP contribution in [0.25, 0.3) is 0 Å². The van der Waals surface area contributed by atoms with E-state index in [1.807, 2.05) is 6.07 Å². The van der Waals surface area contributed by atoms with Gasteiger partial charge in [0, 0.05) is 27.9 Å². The molecule has 0 radical (unpaired) electrons. The predicted molar refractivity (Wildman–Crippen MR) is 114 cm³/mol. The zero-order chi connectivity index (χ0) is 18.5. The summed E-state index contributed by atoms with van der Waals surface area (Å²) < 4.78 is 6.30. The molecule has 0 saturated carbocycles. The Hall–Kier alpha value is -1.41. The smallest absolute Gasteiger partial charge is 0.130 e. The molecule has 0 amide bonds. The van der Waals surface area contributed by atoms with Crippen LogP contribution in [0.2, 0.25) is 0 Å². The number of alkyl halides is 1. The van der Waals surface area contributed by atoms with Gasteiger partial charge in [-0.3, -0.25) is 5.17 Å². The van der Waals surface area contributed by atoms with E-state index in [2.05, 4.69) is 64.9 Å². The molecule has 4 nitrogen and oxygen atoms in total. The fourth-order valence-electron chi connectivity index (χ4n) is 4.64. The molecule has 0 spiro atoms. The van der Waals surface area contributed by atoms with E-state index in [-0.39, 0.29) is 17.3 Å². The number of hydrogen-bond donors (Lipinski definition) is 2. The van der Waals surface area contributed by atoms with E-state index in [4.69, 9.17) is 4.74 Å². The van der Waals surface area contributed by atoms with E-state index in [1.165, 1.54) is 27.8 Å². The first-order valence-corrected chi connectivity index (χ1v) is 10.9. The van der Waals surface area contributed by atoms with Gasteiger partial charge in [0.15, 0.2) is 0 Å². The quantitative estimate of drug-likeness (QED) is 0.398. The maximum absolute atomic E-state index is 12.9. The Balaban J connectivity index is 1.32. The monoisotopic (exact) mass is 474 g/mol. The number of fused-ring (bicyclic) bond motifs is 2. The van der Waals surface area contributed by atoms with Crippen molar-refractivity contribution in [1.29, 1.82) is 0 Å². The number of rotatable bonds is 2. The van der Waals surface area contributed by atoms with Crippen LogP contribution in [0, 0.1) is 5.21 Å². The molecular formula is C22H23IN2O2. The van der Waals surface area contributed by atoms with Crippen LogP contribution in [0.5, 0.6) is 5.75 Å². The number of benzene rings is 2. The van der Waals surface area contributed by atoms with E-state index in [9.17, 15) is 5.21 Å². The Morgan fingerprint density at radius 3 is 2.67 bits per heavy atom. The van der Waals surface area contributed by atoms with Gasteiger partial charge in [-0.15, -0.1) is 0 Å². The first kappa shape index (κ1) is 17.7. The molecular weight excluding hydrogens is 451 g/mol. The standard InChI is InChI=1S/C22H23IN2O2/c1-13-8-18-9-15(4-7-22(18)27-13)20-5-6-21(25(26)24-20)16-3-2-14-11-19(23)12-17(14)10-16/h2-4,7,9-10,19-21,24-25H,1,5-6,8,11-12H2. The maximum Gasteiger partial charge on any atom is 0.130 e. The molecule has 4 unspecified atom stereocenters. The second kappa shape index (κ2) is 6.88. The van der Waals surface area contributed by atoms with Crippen LogP contribution in [-0.2, 0) is 19.3 Å². The van der Waals surface area contributed by atoms with Crippen molar-refractivity contribution >= 4 is 22.6 Å². The number of hydroxylamine groups is 1. The predicted octanol–water partition coefficient (Wildman–Crippen LogP) is 3.50. The molecule has 1 saturated heterocycles. The van der Waals surface area contributed by atoms with Crippen molar-refractivity contribution in [3.63, 3.8) is 0 Å². The van der Waals surface area contributed by atoms with Crippen LogP contribution in [0.3, 0.4) is 0 Å². The van der Waals surface area contributed by atoms with E-state index < -0.39 is 0 Å². The van der Waals surface area contributed by atoms with Gasteiger partial charge in [-0.1, -0.05) is 47.4 Å². The van der Waals surface area contributed by atoms with Crippen molar-refractivity contribution in [2.45, 2.75) is 48.1 Å². The Morgan fingerprint density at radius 2 is 1.81 bits per heavy atom. The number of halogens is 1. The van der Waals surface area contributed by atoms with Gasteiger partial charge in [-0.2, -0.15) is 5.43 Å². The van der Waals surface area contributed by atoms with E-state index >= 15 is 0 Å². The molecule has 3 aliphatic rings. The van der Waals surface area contributed by atoms with Gasteiger partial charge in [-0.05, 0) is 54.2 Å². The lowest BCUT2D eigenvalue weighted by Gasteiger charge is -2.39. The van der Waals surface area contributed by atoms with Crippen molar-refractivity contribution in [3.05, 3.63) is 81.8 Å². The third-order valence-corrected chi connectivity index (χ3v) is 6.90. The molecule has 2 aliphatic heterocycles. The molecule has 1 aliphatic carbocycles. The molecule has 0 bridgehead atoms. The van der Waals surface area contributed by atoms with E-state index in [1.54, 1.807) is 0 Å². The summed E-state index contributed by atoms with van der Waals surface area (Å²) in [6.45, 7) is 3.90. The van der Waals surface area contributed by atoms with Gasteiger partial charge >= 0.3 is 0 Å². The first-order valence-electron chi connectivity index (χ1n) is 9.61. The van der Waals surface area contributed by atoms with Gasteiger partial charge in [0.2, 0.25) is 0 Å². The van der Waals surface area contributed by atoms with E-state index in [0.717, 1.165) is 43.6 Å². The lowest BCUT2D eigenvalue weighted by atomic mass is 9.92. The number of nitrogens with one attached hydrogen (secondary N) is 2. The fraction of sp³-hybridized carbons (Fsp3) is 0.364. The Kier molecular flexibility index (Phi) is 4.50. The summed E-state index contributed by atoms with van der Waals surface area (Å²) in [7, 11) is 0. The molecule has 4 atom stereocenters. The molecule has 140 valence electrons. The summed E-state index contributed by atoms with van der Waals surface area (Å²) >= 11 is 2.53. The Morgan fingerprint density at radius 1 is 1.04 bits per heavy atom. The minimum atomic E-state index is -0.0302. The zero-order valence-corrected chi connectivity index (χ0v) is 17.3. The second-order valence-corrected chi connectivity index (χ2v) is 9.67. The molecule has 1 fully saturated rings. The summed E-state index contributed by atoms with van der Waals surface area (Å²) in [6, 6.07) is 13.0. The largest absolute Gasteiger partial charge is 0.613 e. The second-order valence-electron chi connectivity index (χ2n) is 7.91. The summed E-state index contributed by atoms with van der Waals surface area (Å²) in [5, 5.41) is 13.0. The van der Waals surface area contributed by atoms with Gasteiger partial charge in [0.05, 0.1) is 6.04 Å². The van der Waals surface area contributed by atoms with Crippen molar-refractivity contribution in [2.24, 2.45) is 0 Å². The van der Waals surface area contributed by atoms with Crippen molar-refractivity contribution in [3.8, 4) is 5.75 Å². The van der Waals surface area contributed by atoms with E-state index in [0.29, 0.717) is 3.92 Å². The molecule has 5 rings (SSSR count). The SMILES string of the molecule is C=C1Cc2cc(C3CCC(c4ccc5c(c4)CC(I)C5)[NH+]([O-])N3)ccc2O1. The summed E-state index contributed by atoms with van der Waals surface area (Å²) in [6.07, 6.45) is 4.90. The van der Waals surface area contributed by atoms with Crippen LogP contribution in [-0.4, -0.2) is 3.92 Å². The van der Waals surface area contributed by atoms with Crippen LogP contribution in [0.15, 0.2) is 48.7 Å². The van der Waals surface area contributed by atoms with Crippen LogP contribution in [0.4, 0.5) is 0 Å². The highest BCUT2D eigenvalue weighted by atomic mass is 127. The van der Waals surface area contributed by atoms with Gasteiger partial charge in [0.25, 0.3) is 0 Å². The topological polar surface area (TPSA) is 48.8 Å². The van der Waals surface area contributed by atoms with Crippen LogP contribution < -0.4 is 15.3 Å². The van der Waals surface area contributed by atoms with Gasteiger partial charge < -0.3 is 9.94 Å². The average molecular weight is 474 g/mol. The average Bonchev–Trinajstić information content (AvgIpc) is 3.20. The normalized spacial score (nSPS) is 29.3. The lowest BCUT2D eigenvalue weighted by Crippen LogP contribution is -3.15. The highest BCUT2D eigenvalue weighted by molar-refractivity contribution is 14.1. The zero-order valence-electron chi connectivity index (χ0n) is 15.1. The molecule has 5 heteroatoms.